The zero-order valence-electron chi connectivity index (χ0n) is 15.7. The maximum atomic E-state index is 13.1. The van der Waals surface area contributed by atoms with Crippen molar-refractivity contribution in [3.8, 4) is 0 Å². The molecule has 2 heterocycles. The molecule has 4 bridgehead atoms. The average molecular weight is 395 g/mol. The molecule has 0 spiro atoms. The van der Waals surface area contributed by atoms with Crippen molar-refractivity contribution in [3.05, 3.63) is 35.5 Å². The third-order valence-corrected chi connectivity index (χ3v) is 7.43. The first-order chi connectivity index (χ1) is 13.6. The van der Waals surface area contributed by atoms with Gasteiger partial charge in [-0.15, -0.1) is 0 Å². The molecule has 6 heteroatoms. The molecule has 28 heavy (non-hydrogen) atoms. The van der Waals surface area contributed by atoms with E-state index in [9.17, 15) is 4.79 Å². The molecular weight excluding hydrogens is 372 g/mol. The van der Waals surface area contributed by atoms with Gasteiger partial charge in [0.2, 0.25) is 11.9 Å². The van der Waals surface area contributed by atoms with E-state index in [-0.39, 0.29) is 11.3 Å². The number of allylic oxidation sites excluding steroid dienone is 4. The Labute approximate surface area is 168 Å². The number of hydrogen-bond acceptors (Lipinski definition) is 3. The number of rotatable bonds is 4. The van der Waals surface area contributed by atoms with Crippen LogP contribution in [0.5, 0.6) is 0 Å². The molecule has 0 aliphatic heterocycles. The molecule has 4 fully saturated rings. The van der Waals surface area contributed by atoms with Crippen molar-refractivity contribution in [3.63, 3.8) is 0 Å². The topological polar surface area (TPSA) is 59.8 Å². The van der Waals surface area contributed by atoms with Crippen molar-refractivity contribution in [2.24, 2.45) is 23.2 Å². The van der Waals surface area contributed by atoms with Crippen LogP contribution < -0.4 is 5.32 Å². The van der Waals surface area contributed by atoms with E-state index < -0.39 is 0 Å². The summed E-state index contributed by atoms with van der Waals surface area (Å²) in [4.78, 5) is 22.1. The maximum Gasteiger partial charge on any atom is 0.227 e. The highest BCUT2D eigenvalue weighted by atomic mass is 35.5. The molecule has 0 saturated heterocycles. The molecule has 144 valence electrons. The molecule has 1 amide bonds. The summed E-state index contributed by atoms with van der Waals surface area (Å²) in [6.07, 6.45) is 14.4. The molecule has 0 radical (unpaired) electrons. The van der Waals surface area contributed by atoms with Gasteiger partial charge in [0.1, 0.15) is 10.7 Å². The minimum Gasteiger partial charge on any atom is -0.296 e. The monoisotopic (exact) mass is 394 g/mol. The lowest BCUT2D eigenvalue weighted by Gasteiger charge is -2.56. The number of pyridine rings is 1. The number of carbonyl (C=O) groups excluding carboxylic acids is 1. The Bertz CT molecular complexity index is 1010. The molecule has 2 aromatic rings. The molecule has 2 aromatic heterocycles. The Morgan fingerprint density at radius 3 is 2.43 bits per heavy atom. The highest BCUT2D eigenvalue weighted by Crippen LogP contribution is 2.61. The van der Waals surface area contributed by atoms with E-state index in [1.165, 1.54) is 38.5 Å². The van der Waals surface area contributed by atoms with Crippen LogP contribution >= 0.6 is 11.6 Å². The zero-order valence-corrected chi connectivity index (χ0v) is 16.5. The van der Waals surface area contributed by atoms with Gasteiger partial charge in [0, 0.05) is 6.42 Å². The predicted octanol–water partition coefficient (Wildman–Crippen LogP) is 5.04. The van der Waals surface area contributed by atoms with Gasteiger partial charge in [-0.05, 0) is 86.0 Å². The number of aromatic nitrogens is 3. The summed E-state index contributed by atoms with van der Waals surface area (Å²) in [7, 11) is 0. The second-order valence-corrected chi connectivity index (χ2v) is 9.73. The summed E-state index contributed by atoms with van der Waals surface area (Å²) in [6.45, 7) is 0. The highest BCUT2D eigenvalue weighted by molar-refractivity contribution is 6.29. The average Bonchev–Trinajstić information content (AvgIpc) is 2.89. The van der Waals surface area contributed by atoms with Gasteiger partial charge >= 0.3 is 0 Å². The van der Waals surface area contributed by atoms with Crippen LogP contribution in [0, 0.1) is 23.2 Å². The summed E-state index contributed by atoms with van der Waals surface area (Å²) in [5.74, 6) is 3.16. The maximum absolute atomic E-state index is 13.1. The van der Waals surface area contributed by atoms with E-state index in [0.29, 0.717) is 23.2 Å². The van der Waals surface area contributed by atoms with Crippen molar-refractivity contribution < 1.29 is 4.79 Å². The molecule has 1 N–H and O–H groups in total. The number of halogens is 1. The summed E-state index contributed by atoms with van der Waals surface area (Å²) in [5.41, 5.74) is 2.58. The lowest BCUT2D eigenvalue weighted by atomic mass is 9.49. The van der Waals surface area contributed by atoms with Crippen molar-refractivity contribution in [2.45, 2.75) is 44.9 Å². The number of amides is 1. The van der Waals surface area contributed by atoms with Crippen LogP contribution in [0.4, 0.5) is 5.95 Å². The van der Waals surface area contributed by atoms with E-state index in [0.717, 1.165) is 29.0 Å². The second-order valence-electron chi connectivity index (χ2n) is 9.34. The summed E-state index contributed by atoms with van der Waals surface area (Å²) in [5, 5.41) is 3.52. The van der Waals surface area contributed by atoms with Gasteiger partial charge in [-0.25, -0.2) is 9.97 Å². The summed E-state index contributed by atoms with van der Waals surface area (Å²) < 4.78 is 1.89. The van der Waals surface area contributed by atoms with Gasteiger partial charge in [0.15, 0.2) is 5.65 Å². The number of anilines is 1. The van der Waals surface area contributed by atoms with E-state index in [4.69, 9.17) is 11.6 Å². The molecule has 5 aliphatic carbocycles. The molecule has 0 unspecified atom stereocenters. The van der Waals surface area contributed by atoms with E-state index in [2.05, 4.69) is 15.3 Å². The number of imidazole rings is 1. The number of fused-ring (bicyclic) bond motifs is 1. The smallest absolute Gasteiger partial charge is 0.227 e. The Morgan fingerprint density at radius 2 is 1.82 bits per heavy atom. The lowest BCUT2D eigenvalue weighted by molar-refractivity contribution is -0.124. The Kier molecular flexibility index (Phi) is 3.55. The van der Waals surface area contributed by atoms with Crippen LogP contribution in [0.2, 0.25) is 5.15 Å². The minimum atomic E-state index is 0.0773. The number of nitrogens with zero attached hydrogens (tertiary/aromatic N) is 3. The first-order valence-electron chi connectivity index (χ1n) is 10.3. The summed E-state index contributed by atoms with van der Waals surface area (Å²) in [6, 6.07) is 3.58. The fourth-order valence-corrected chi connectivity index (χ4v) is 6.75. The number of carbonyl (C=O) groups is 1. The van der Waals surface area contributed by atoms with Gasteiger partial charge in [-0.1, -0.05) is 17.7 Å². The first kappa shape index (κ1) is 16.8. The first-order valence-corrected chi connectivity index (χ1v) is 10.7. The van der Waals surface area contributed by atoms with Gasteiger partial charge < -0.3 is 0 Å². The summed E-state index contributed by atoms with van der Waals surface area (Å²) >= 11 is 6.10. The van der Waals surface area contributed by atoms with Crippen LogP contribution in [0.15, 0.2) is 30.4 Å². The van der Waals surface area contributed by atoms with E-state index in [1.54, 1.807) is 6.07 Å². The molecular formula is C22H23ClN4O. The van der Waals surface area contributed by atoms with Gasteiger partial charge in [-0.3, -0.25) is 14.7 Å². The second kappa shape index (κ2) is 5.93. The number of hydrogen-bond donors (Lipinski definition) is 1. The van der Waals surface area contributed by atoms with Crippen molar-refractivity contribution >= 4 is 40.3 Å². The Hall–Kier alpha value is -2.14. The fourth-order valence-electron chi connectivity index (χ4n) is 6.61. The van der Waals surface area contributed by atoms with Crippen LogP contribution in [0.3, 0.4) is 0 Å². The van der Waals surface area contributed by atoms with Crippen LogP contribution in [0.25, 0.3) is 16.9 Å². The van der Waals surface area contributed by atoms with E-state index >= 15 is 0 Å². The van der Waals surface area contributed by atoms with Crippen LogP contribution in [-0.4, -0.2) is 20.4 Å². The highest BCUT2D eigenvalue weighted by Gasteiger charge is 2.51. The van der Waals surface area contributed by atoms with Crippen molar-refractivity contribution in [1.29, 1.82) is 0 Å². The number of nitrogens with one attached hydrogen (secondary N) is 1. The van der Waals surface area contributed by atoms with Gasteiger partial charge in [-0.2, -0.15) is 0 Å². The Morgan fingerprint density at radius 1 is 1.14 bits per heavy atom. The minimum absolute atomic E-state index is 0.0773. The predicted molar refractivity (Wildman–Crippen MR) is 110 cm³/mol. The quantitative estimate of drug-likeness (QED) is 0.739. The SMILES string of the molecule is O=C(CC12CC3CC(CC(C3)C1)C2)Nc1nc2ccc(Cl)nc2n1C1=CC=C1. The third kappa shape index (κ3) is 2.63. The molecule has 4 saturated carbocycles. The normalized spacial score (nSPS) is 32.5. The standard InChI is InChI=1S/C22H23ClN4O/c23-18-5-4-17-20(25-18)27(16-2-1-3-16)21(24-17)26-19(28)12-22-9-13-6-14(10-22)8-15(7-13)11-22/h1-5,13-15H,6-12H2,(H,24,26,28). The fraction of sp³-hybridized carbons (Fsp3) is 0.500. The van der Waals surface area contributed by atoms with Gasteiger partial charge in [0.25, 0.3) is 0 Å². The van der Waals surface area contributed by atoms with Crippen molar-refractivity contribution in [2.75, 3.05) is 5.32 Å². The molecule has 5 nitrogen and oxygen atoms in total. The van der Waals surface area contributed by atoms with Crippen LogP contribution in [-0.2, 0) is 4.79 Å². The third-order valence-electron chi connectivity index (χ3n) is 7.21. The van der Waals surface area contributed by atoms with Gasteiger partial charge in [0.05, 0.1) is 5.70 Å². The molecule has 5 aliphatic rings. The lowest BCUT2D eigenvalue weighted by Crippen LogP contribution is -2.47. The molecule has 7 rings (SSSR count). The largest absolute Gasteiger partial charge is 0.296 e. The zero-order chi connectivity index (χ0) is 18.9. The Balaban J connectivity index is 1.28. The van der Waals surface area contributed by atoms with Crippen LogP contribution in [0.1, 0.15) is 44.9 Å². The van der Waals surface area contributed by atoms with E-state index in [1.807, 2.05) is 28.9 Å². The molecule has 0 atom stereocenters. The van der Waals surface area contributed by atoms with Crippen molar-refractivity contribution in [1.82, 2.24) is 14.5 Å². The molecule has 0 aromatic carbocycles.